The summed E-state index contributed by atoms with van der Waals surface area (Å²) in [4.78, 5) is 42.1. The summed E-state index contributed by atoms with van der Waals surface area (Å²) in [5.41, 5.74) is 11.2. The van der Waals surface area contributed by atoms with Crippen LogP contribution in [0.4, 0.5) is 11.4 Å². The number of hydrogen-bond donors (Lipinski definition) is 4. The monoisotopic (exact) mass is 778 g/mol. The van der Waals surface area contributed by atoms with Crippen LogP contribution in [0.1, 0.15) is 80.4 Å². The number of ether oxygens (including phenoxy) is 1. The number of anilines is 2. The van der Waals surface area contributed by atoms with Crippen molar-refractivity contribution in [2.45, 2.75) is 66.3 Å². The lowest BCUT2D eigenvalue weighted by molar-refractivity contribution is -0.129. The molecule has 0 saturated heterocycles. The second kappa shape index (κ2) is 22.9. The van der Waals surface area contributed by atoms with Crippen molar-refractivity contribution in [3.05, 3.63) is 190 Å². The summed E-state index contributed by atoms with van der Waals surface area (Å²) in [5, 5.41) is 12.2. The summed E-state index contributed by atoms with van der Waals surface area (Å²) in [5.74, 6) is -0.259. The predicted octanol–water partition coefficient (Wildman–Crippen LogP) is 8.95. The van der Waals surface area contributed by atoms with Crippen LogP contribution in [0.15, 0.2) is 140 Å². The van der Waals surface area contributed by atoms with Crippen LogP contribution in [0.2, 0.25) is 0 Å². The van der Waals surface area contributed by atoms with E-state index in [1.54, 1.807) is 43.0 Å². The van der Waals surface area contributed by atoms with E-state index < -0.39 is 0 Å². The quantitative estimate of drug-likeness (QED) is 0.0855. The minimum Gasteiger partial charge on any atom is -0.463 e. The van der Waals surface area contributed by atoms with Crippen LogP contribution in [-0.2, 0) is 41.2 Å². The normalized spacial score (nSPS) is 10.5. The van der Waals surface area contributed by atoms with Crippen LogP contribution in [0.25, 0.3) is 0 Å². The zero-order valence-corrected chi connectivity index (χ0v) is 34.2. The number of carbonyl (C=O) groups is 3. The van der Waals surface area contributed by atoms with Crippen LogP contribution < -0.4 is 21.3 Å². The van der Waals surface area contributed by atoms with E-state index in [2.05, 4.69) is 87.1 Å². The maximum atomic E-state index is 12.3. The molecule has 0 aliphatic heterocycles. The van der Waals surface area contributed by atoms with E-state index in [1.165, 1.54) is 22.3 Å². The molecule has 0 saturated carbocycles. The third-order valence-corrected chi connectivity index (χ3v) is 8.73. The number of hydrogen-bond acceptors (Lipinski definition) is 8. The van der Waals surface area contributed by atoms with Gasteiger partial charge in [-0.2, -0.15) is 0 Å². The molecule has 6 rings (SSSR count). The molecule has 0 radical (unpaired) electrons. The first kappa shape index (κ1) is 44.2. The molecule has 300 valence electrons. The number of aryl methyl sites for hydroxylation is 2. The first-order valence-corrected chi connectivity index (χ1v) is 19.1. The van der Waals surface area contributed by atoms with Gasteiger partial charge >= 0.3 is 0 Å². The minimum atomic E-state index is -0.133. The smallest absolute Gasteiger partial charge is 0.293 e. The van der Waals surface area contributed by atoms with E-state index in [1.807, 2.05) is 87.6 Å². The summed E-state index contributed by atoms with van der Waals surface area (Å²) in [7, 11) is 1.89. The van der Waals surface area contributed by atoms with E-state index >= 15 is 0 Å². The second-order valence-corrected chi connectivity index (χ2v) is 14.8. The Labute approximate surface area is 342 Å². The predicted molar refractivity (Wildman–Crippen MR) is 232 cm³/mol. The highest BCUT2D eigenvalue weighted by molar-refractivity contribution is 6.04. The lowest BCUT2D eigenvalue weighted by Gasteiger charge is -2.19. The van der Waals surface area contributed by atoms with E-state index in [9.17, 15) is 14.4 Å². The first-order chi connectivity index (χ1) is 27.9. The van der Waals surface area contributed by atoms with Crippen molar-refractivity contribution in [1.82, 2.24) is 20.6 Å². The SMILES string of the molecule is CC(C)(C)c1ccc(CNCc2ccc(C(=O)Nc3cccnc3)cc2)cc1.CNCc1ccc(C(=O)Nc2cccnc2)cc1.Cc1cc(C)cc(COC=O)c1. The third kappa shape index (κ3) is 15.6. The van der Waals surface area contributed by atoms with Gasteiger partial charge in [0.15, 0.2) is 0 Å². The molecule has 2 amide bonds. The van der Waals surface area contributed by atoms with Gasteiger partial charge in [-0.15, -0.1) is 0 Å². The molecule has 0 bridgehead atoms. The highest BCUT2D eigenvalue weighted by Gasteiger charge is 2.13. The average Bonchev–Trinajstić information content (AvgIpc) is 3.21. The van der Waals surface area contributed by atoms with Crippen LogP contribution >= 0.6 is 0 Å². The Bertz CT molecular complexity index is 2130. The fourth-order valence-electron chi connectivity index (χ4n) is 5.79. The van der Waals surface area contributed by atoms with E-state index in [0.717, 1.165) is 36.3 Å². The molecular formula is C48H54N6O4. The molecule has 0 aliphatic rings. The number of pyridine rings is 2. The molecule has 4 aromatic carbocycles. The van der Waals surface area contributed by atoms with Crippen LogP contribution in [0, 0.1) is 13.8 Å². The Morgan fingerprint density at radius 3 is 1.47 bits per heavy atom. The van der Waals surface area contributed by atoms with E-state index in [-0.39, 0.29) is 17.2 Å². The molecule has 6 aromatic rings. The molecule has 2 heterocycles. The van der Waals surface area contributed by atoms with Gasteiger partial charge in [-0.3, -0.25) is 24.4 Å². The molecule has 0 fully saturated rings. The van der Waals surface area contributed by atoms with Gasteiger partial charge in [0.05, 0.1) is 23.8 Å². The number of aromatic nitrogens is 2. The number of benzene rings is 4. The summed E-state index contributed by atoms with van der Waals surface area (Å²) in [6.07, 6.45) is 6.59. The molecule has 10 heteroatoms. The van der Waals surface area contributed by atoms with Crippen molar-refractivity contribution >= 4 is 29.7 Å². The van der Waals surface area contributed by atoms with Gasteiger partial charge < -0.3 is 26.0 Å². The lowest BCUT2D eigenvalue weighted by Crippen LogP contribution is -2.15. The molecule has 0 unspecified atom stereocenters. The van der Waals surface area contributed by atoms with E-state index in [0.29, 0.717) is 35.6 Å². The van der Waals surface area contributed by atoms with Crippen molar-refractivity contribution in [1.29, 1.82) is 0 Å². The second-order valence-electron chi connectivity index (χ2n) is 14.8. The van der Waals surface area contributed by atoms with Gasteiger partial charge in [0.2, 0.25) is 0 Å². The standard InChI is InChI=1S/C24H27N3O.C14H15N3O.C10H12O2/c1-24(2,3)21-12-8-19(9-13-21)16-26-15-18-6-10-20(11-7-18)23(28)27-22-5-4-14-25-17-22;1-15-9-11-4-6-12(7-5-11)14(18)17-13-3-2-8-16-10-13;1-8-3-9(2)5-10(4-8)6-12-7-11/h4-14,17,26H,15-16H2,1-3H3,(H,27,28);2-8,10,15H,9H2,1H3,(H,17,18);3-5,7H,6H2,1-2H3. The van der Waals surface area contributed by atoms with Crippen molar-refractivity contribution < 1.29 is 19.1 Å². The number of nitrogens with one attached hydrogen (secondary N) is 4. The molecule has 2 aromatic heterocycles. The summed E-state index contributed by atoms with van der Waals surface area (Å²) < 4.78 is 4.65. The Balaban J connectivity index is 0.000000212. The number of rotatable bonds is 13. The van der Waals surface area contributed by atoms with Crippen molar-refractivity contribution in [3.8, 4) is 0 Å². The Kier molecular flexibility index (Phi) is 17.5. The molecule has 0 aliphatic carbocycles. The maximum absolute atomic E-state index is 12.3. The fourth-order valence-corrected chi connectivity index (χ4v) is 5.79. The lowest BCUT2D eigenvalue weighted by atomic mass is 9.87. The van der Waals surface area contributed by atoms with Crippen molar-refractivity contribution in [3.63, 3.8) is 0 Å². The zero-order chi connectivity index (χ0) is 41.8. The highest BCUT2D eigenvalue weighted by atomic mass is 16.5. The Morgan fingerprint density at radius 1 is 0.621 bits per heavy atom. The van der Waals surface area contributed by atoms with Gasteiger partial charge in [0, 0.05) is 43.2 Å². The van der Waals surface area contributed by atoms with Gasteiger partial charge in [-0.25, -0.2) is 0 Å². The molecule has 10 nitrogen and oxygen atoms in total. The third-order valence-electron chi connectivity index (χ3n) is 8.73. The zero-order valence-electron chi connectivity index (χ0n) is 34.2. The number of amides is 2. The van der Waals surface area contributed by atoms with Crippen molar-refractivity contribution in [2.75, 3.05) is 17.7 Å². The highest BCUT2D eigenvalue weighted by Crippen LogP contribution is 2.22. The molecular weight excluding hydrogens is 725 g/mol. The van der Waals surface area contributed by atoms with Gasteiger partial charge in [0.25, 0.3) is 18.3 Å². The molecule has 0 spiro atoms. The molecule has 4 N–H and O–H groups in total. The first-order valence-electron chi connectivity index (χ1n) is 19.1. The van der Waals surface area contributed by atoms with Crippen LogP contribution in [-0.4, -0.2) is 35.3 Å². The minimum absolute atomic E-state index is 0.126. The number of nitrogens with zero attached hydrogens (tertiary/aromatic N) is 2. The maximum Gasteiger partial charge on any atom is 0.293 e. The van der Waals surface area contributed by atoms with Gasteiger partial charge in [-0.1, -0.05) is 98.6 Å². The van der Waals surface area contributed by atoms with Gasteiger partial charge in [-0.05, 0) is 103 Å². The van der Waals surface area contributed by atoms with Gasteiger partial charge in [0.1, 0.15) is 6.61 Å². The average molecular weight is 779 g/mol. The van der Waals surface area contributed by atoms with Crippen LogP contribution in [0.5, 0.6) is 0 Å². The van der Waals surface area contributed by atoms with Crippen molar-refractivity contribution in [2.24, 2.45) is 0 Å². The Morgan fingerprint density at radius 2 is 1.07 bits per heavy atom. The topological polar surface area (TPSA) is 134 Å². The summed E-state index contributed by atoms with van der Waals surface area (Å²) >= 11 is 0. The Hall–Kier alpha value is -6.49. The van der Waals surface area contributed by atoms with Crippen LogP contribution in [0.3, 0.4) is 0 Å². The number of carbonyl (C=O) groups excluding carboxylic acids is 3. The summed E-state index contributed by atoms with van der Waals surface area (Å²) in [6, 6.07) is 37.2. The van der Waals surface area contributed by atoms with E-state index in [4.69, 9.17) is 0 Å². The largest absolute Gasteiger partial charge is 0.463 e. The molecule has 0 atom stereocenters. The fraction of sp³-hybridized carbons (Fsp3) is 0.229. The molecule has 58 heavy (non-hydrogen) atoms. The summed E-state index contributed by atoms with van der Waals surface area (Å²) in [6.45, 7) is 13.9.